The molecule has 0 bridgehead atoms. The van der Waals surface area contributed by atoms with Crippen LogP contribution in [0, 0.1) is 11.2 Å². The van der Waals surface area contributed by atoms with Crippen molar-refractivity contribution in [3.05, 3.63) is 76.2 Å². The van der Waals surface area contributed by atoms with Crippen LogP contribution in [0.4, 0.5) is 10.2 Å². The highest BCUT2D eigenvalue weighted by atomic mass is 19.1. The van der Waals surface area contributed by atoms with E-state index in [1.807, 2.05) is 6.92 Å². The lowest BCUT2D eigenvalue weighted by atomic mass is 9.69. The van der Waals surface area contributed by atoms with Crippen LogP contribution in [0.5, 0.6) is 5.75 Å². The number of amides is 1. The summed E-state index contributed by atoms with van der Waals surface area (Å²) in [6.45, 7) is 3.83. The fourth-order valence-corrected chi connectivity index (χ4v) is 5.45. The van der Waals surface area contributed by atoms with E-state index in [1.165, 1.54) is 30.1 Å². The summed E-state index contributed by atoms with van der Waals surface area (Å²) in [5.41, 5.74) is 6.47. The Bertz CT molecular complexity index is 1700. The Morgan fingerprint density at radius 1 is 1.10 bits per heavy atom. The first kappa shape index (κ1) is 27.8. The first-order chi connectivity index (χ1) is 19.5. The van der Waals surface area contributed by atoms with Crippen LogP contribution >= 0.6 is 0 Å². The van der Waals surface area contributed by atoms with E-state index in [0.717, 1.165) is 11.6 Å². The molecule has 2 aromatic carbocycles. The number of nitrogens with one attached hydrogen (secondary N) is 1. The number of carboxylic acid groups (broad SMARTS) is 1. The molecule has 2 heterocycles. The molecule has 0 unspecified atom stereocenters. The van der Waals surface area contributed by atoms with Gasteiger partial charge in [-0.05, 0) is 75.4 Å². The topological polar surface area (TPSA) is 154 Å². The summed E-state index contributed by atoms with van der Waals surface area (Å²) in [5, 5.41) is 12.4. The minimum absolute atomic E-state index is 0.0823. The van der Waals surface area contributed by atoms with Gasteiger partial charge in [0, 0.05) is 12.1 Å². The molecule has 0 radical (unpaired) electrons. The Balaban J connectivity index is 1.45. The van der Waals surface area contributed by atoms with Crippen LogP contribution in [0.3, 0.4) is 0 Å². The number of aliphatic carboxylic acids is 1. The van der Waals surface area contributed by atoms with Crippen molar-refractivity contribution in [1.82, 2.24) is 24.4 Å². The van der Waals surface area contributed by atoms with Gasteiger partial charge in [-0.2, -0.15) is 0 Å². The number of hydrogen-bond donors (Lipinski definition) is 3. The number of nitrogens with zero attached hydrogens (tertiary/aromatic N) is 4. The number of ether oxygens (including phenoxy) is 1. The third-order valence-corrected chi connectivity index (χ3v) is 8.19. The Labute approximate surface area is 234 Å². The number of fused-ring (bicyclic) bond motifs is 1. The van der Waals surface area contributed by atoms with Crippen molar-refractivity contribution in [2.24, 2.45) is 5.41 Å². The molecule has 5 rings (SSSR count). The monoisotopic (exact) mass is 562 g/mol. The molecule has 1 fully saturated rings. The molecule has 41 heavy (non-hydrogen) atoms. The smallest absolute Gasteiger partial charge is 0.335 e. The number of anilines is 1. The standard InChI is InChI=1S/C29H31FN6O5/c1-28(26(38)39)10-12-29(2,13-11-28)36-24-22(23(31)33-16-34-24)35(27(36)40)19-7-4-17(5-8-19)15-32-25(37)20-14-18(30)6-9-21(20)41-3/h4-9,14,16H,10-13,15H2,1-3H3,(H,32,37)(H,38,39)(H2,31,33,34)/t28-,29+. The maximum Gasteiger partial charge on any atom is 0.335 e. The first-order valence-electron chi connectivity index (χ1n) is 13.2. The van der Waals surface area contributed by atoms with Gasteiger partial charge in [0.1, 0.15) is 23.4 Å². The van der Waals surface area contributed by atoms with Gasteiger partial charge in [-0.3, -0.25) is 18.7 Å². The molecule has 1 aliphatic carbocycles. The number of rotatable bonds is 7. The number of benzene rings is 2. The van der Waals surface area contributed by atoms with Gasteiger partial charge >= 0.3 is 11.7 Å². The van der Waals surface area contributed by atoms with E-state index < -0.39 is 28.6 Å². The fourth-order valence-electron chi connectivity index (χ4n) is 5.45. The summed E-state index contributed by atoms with van der Waals surface area (Å²) >= 11 is 0. The van der Waals surface area contributed by atoms with E-state index in [-0.39, 0.29) is 29.4 Å². The molecule has 1 saturated carbocycles. The summed E-state index contributed by atoms with van der Waals surface area (Å²) < 4.78 is 21.9. The van der Waals surface area contributed by atoms with E-state index in [2.05, 4.69) is 15.3 Å². The molecule has 2 aromatic heterocycles. The van der Waals surface area contributed by atoms with Crippen LogP contribution in [0.1, 0.15) is 55.5 Å². The number of aromatic nitrogens is 4. The molecule has 4 N–H and O–H groups in total. The highest BCUT2D eigenvalue weighted by molar-refractivity contribution is 5.96. The molecule has 1 aliphatic rings. The zero-order chi connectivity index (χ0) is 29.5. The normalized spacial score (nSPS) is 20.6. The number of hydrogen-bond acceptors (Lipinski definition) is 7. The molecule has 0 atom stereocenters. The van der Waals surface area contributed by atoms with Crippen molar-refractivity contribution in [3.8, 4) is 11.4 Å². The number of halogens is 1. The number of nitrogen functional groups attached to an aromatic ring is 1. The fraction of sp³-hybridized carbons (Fsp3) is 0.345. The predicted molar refractivity (Wildman–Crippen MR) is 150 cm³/mol. The number of methoxy groups -OCH3 is 1. The van der Waals surface area contributed by atoms with Gasteiger partial charge in [0.25, 0.3) is 5.91 Å². The second kappa shape index (κ2) is 10.3. The van der Waals surface area contributed by atoms with Gasteiger partial charge in [-0.1, -0.05) is 12.1 Å². The maximum absolute atomic E-state index is 14.0. The van der Waals surface area contributed by atoms with Crippen molar-refractivity contribution in [3.63, 3.8) is 0 Å². The van der Waals surface area contributed by atoms with Crippen LogP contribution in [-0.2, 0) is 16.9 Å². The second-order valence-electron chi connectivity index (χ2n) is 10.9. The van der Waals surface area contributed by atoms with Crippen molar-refractivity contribution in [1.29, 1.82) is 0 Å². The zero-order valence-electron chi connectivity index (χ0n) is 23.0. The number of imidazole rings is 1. The molecule has 1 amide bonds. The Hall–Kier alpha value is -4.74. The maximum atomic E-state index is 14.0. The average Bonchev–Trinajstić information content (AvgIpc) is 3.27. The van der Waals surface area contributed by atoms with Crippen molar-refractivity contribution in [2.45, 2.75) is 51.6 Å². The lowest BCUT2D eigenvalue weighted by molar-refractivity contribution is -0.151. The van der Waals surface area contributed by atoms with Crippen LogP contribution < -0.4 is 21.5 Å². The van der Waals surface area contributed by atoms with Gasteiger partial charge in [-0.15, -0.1) is 0 Å². The molecule has 11 nitrogen and oxygen atoms in total. The second-order valence-corrected chi connectivity index (χ2v) is 10.9. The molecule has 214 valence electrons. The van der Waals surface area contributed by atoms with Crippen LogP contribution in [0.25, 0.3) is 16.9 Å². The molecular weight excluding hydrogens is 531 g/mol. The Kier molecular flexibility index (Phi) is 7.02. The highest BCUT2D eigenvalue weighted by Crippen LogP contribution is 2.45. The number of carboxylic acids is 1. The summed E-state index contributed by atoms with van der Waals surface area (Å²) in [5.74, 6) is -1.48. The molecule has 0 saturated heterocycles. The van der Waals surface area contributed by atoms with Gasteiger partial charge in [0.05, 0.1) is 23.8 Å². The first-order valence-corrected chi connectivity index (χ1v) is 13.2. The average molecular weight is 563 g/mol. The molecule has 0 aliphatic heterocycles. The Morgan fingerprint density at radius 2 is 1.78 bits per heavy atom. The predicted octanol–water partition coefficient (Wildman–Crippen LogP) is 3.62. The number of nitrogens with two attached hydrogens (primary N) is 1. The van der Waals surface area contributed by atoms with E-state index in [9.17, 15) is 23.9 Å². The van der Waals surface area contributed by atoms with Crippen LogP contribution in [0.2, 0.25) is 0 Å². The third kappa shape index (κ3) is 4.90. The quantitative estimate of drug-likeness (QED) is 0.309. The summed E-state index contributed by atoms with van der Waals surface area (Å²) in [4.78, 5) is 47.0. The SMILES string of the molecule is COc1ccc(F)cc1C(=O)NCc1ccc(-n2c(=O)n([C@]3(C)CC[C@](C)(C(=O)O)CC3)c3ncnc(N)c32)cc1. The van der Waals surface area contributed by atoms with Crippen molar-refractivity contribution < 1.29 is 23.8 Å². The van der Waals surface area contributed by atoms with Crippen LogP contribution in [-0.4, -0.2) is 43.2 Å². The summed E-state index contributed by atoms with van der Waals surface area (Å²) in [6.07, 6.45) is 3.10. The molecule has 0 spiro atoms. The number of carbonyl (C=O) groups is 2. The molecule has 12 heteroatoms. The van der Waals surface area contributed by atoms with E-state index in [0.29, 0.717) is 42.5 Å². The Morgan fingerprint density at radius 3 is 2.41 bits per heavy atom. The minimum Gasteiger partial charge on any atom is -0.496 e. The van der Waals surface area contributed by atoms with E-state index in [1.54, 1.807) is 35.8 Å². The van der Waals surface area contributed by atoms with Gasteiger partial charge in [-0.25, -0.2) is 19.2 Å². The van der Waals surface area contributed by atoms with Crippen LogP contribution in [0.15, 0.2) is 53.6 Å². The van der Waals surface area contributed by atoms with Gasteiger partial charge in [0.15, 0.2) is 11.5 Å². The zero-order valence-corrected chi connectivity index (χ0v) is 23.0. The lowest BCUT2D eigenvalue weighted by Crippen LogP contribution is -2.45. The molecular formula is C29H31FN6O5. The van der Waals surface area contributed by atoms with Crippen molar-refractivity contribution >= 4 is 28.9 Å². The summed E-state index contributed by atoms with van der Waals surface area (Å²) in [7, 11) is 1.40. The highest BCUT2D eigenvalue weighted by Gasteiger charge is 2.44. The number of carbonyl (C=O) groups excluding carboxylic acids is 1. The van der Waals surface area contributed by atoms with Gasteiger partial charge < -0.3 is 20.9 Å². The van der Waals surface area contributed by atoms with E-state index in [4.69, 9.17) is 10.5 Å². The lowest BCUT2D eigenvalue weighted by Gasteiger charge is -2.41. The molecule has 4 aromatic rings. The minimum atomic E-state index is -0.847. The largest absolute Gasteiger partial charge is 0.496 e. The third-order valence-electron chi connectivity index (χ3n) is 8.19. The summed E-state index contributed by atoms with van der Waals surface area (Å²) in [6, 6.07) is 10.7. The van der Waals surface area contributed by atoms with Crippen molar-refractivity contribution in [2.75, 3.05) is 12.8 Å². The van der Waals surface area contributed by atoms with Gasteiger partial charge in [0.2, 0.25) is 0 Å². The van der Waals surface area contributed by atoms with E-state index >= 15 is 0 Å².